The number of likely N-dealkylation sites (tertiary alicyclic amines) is 1. The minimum atomic E-state index is -0.226. The van der Waals surface area contributed by atoms with Crippen LogP contribution in [0.3, 0.4) is 0 Å². The fraction of sp³-hybridized carbons (Fsp3) is 1.00. The standard InChI is InChI=1S/C12H23NO3/c1-2-14-9-3-6-13-7-4-12(5-8-13)15-10-11-16-12/h2-11H2,1H3. The zero-order chi connectivity index (χ0) is 11.3. The van der Waals surface area contributed by atoms with Crippen LogP contribution in [0.2, 0.25) is 0 Å². The van der Waals surface area contributed by atoms with Gasteiger partial charge in [0, 0.05) is 45.7 Å². The van der Waals surface area contributed by atoms with Crippen molar-refractivity contribution in [2.24, 2.45) is 0 Å². The second kappa shape index (κ2) is 5.96. The Bertz CT molecular complexity index is 194. The van der Waals surface area contributed by atoms with Crippen LogP contribution in [-0.4, -0.2) is 56.7 Å². The summed E-state index contributed by atoms with van der Waals surface area (Å²) in [5.41, 5.74) is 0. The highest BCUT2D eigenvalue weighted by Crippen LogP contribution is 2.31. The molecule has 1 spiro atoms. The maximum Gasteiger partial charge on any atom is 0.170 e. The fourth-order valence-corrected chi connectivity index (χ4v) is 2.44. The summed E-state index contributed by atoms with van der Waals surface area (Å²) in [6.45, 7) is 8.60. The van der Waals surface area contributed by atoms with E-state index in [1.807, 2.05) is 6.92 Å². The van der Waals surface area contributed by atoms with Crippen LogP contribution in [0.15, 0.2) is 0 Å². The van der Waals surface area contributed by atoms with Gasteiger partial charge in [0.2, 0.25) is 0 Å². The van der Waals surface area contributed by atoms with Crippen LogP contribution >= 0.6 is 0 Å². The number of nitrogens with zero attached hydrogens (tertiary/aromatic N) is 1. The molecule has 2 rings (SSSR count). The van der Waals surface area contributed by atoms with Crippen molar-refractivity contribution in [2.45, 2.75) is 32.0 Å². The lowest BCUT2D eigenvalue weighted by Gasteiger charge is -2.37. The van der Waals surface area contributed by atoms with Crippen molar-refractivity contribution in [1.82, 2.24) is 4.90 Å². The van der Waals surface area contributed by atoms with Crippen LogP contribution in [-0.2, 0) is 14.2 Å². The molecule has 0 aromatic carbocycles. The van der Waals surface area contributed by atoms with Crippen molar-refractivity contribution in [3.63, 3.8) is 0 Å². The largest absolute Gasteiger partial charge is 0.382 e. The third-order valence-electron chi connectivity index (χ3n) is 3.40. The first-order chi connectivity index (χ1) is 7.85. The molecular formula is C12H23NO3. The highest BCUT2D eigenvalue weighted by Gasteiger charge is 2.39. The summed E-state index contributed by atoms with van der Waals surface area (Å²) in [5.74, 6) is -0.226. The molecule has 0 atom stereocenters. The molecular weight excluding hydrogens is 206 g/mol. The van der Waals surface area contributed by atoms with Crippen LogP contribution in [0.25, 0.3) is 0 Å². The minimum Gasteiger partial charge on any atom is -0.382 e. The van der Waals surface area contributed by atoms with Gasteiger partial charge in [0.1, 0.15) is 0 Å². The van der Waals surface area contributed by atoms with E-state index in [9.17, 15) is 0 Å². The molecule has 0 aliphatic carbocycles. The van der Waals surface area contributed by atoms with E-state index in [1.54, 1.807) is 0 Å². The minimum absolute atomic E-state index is 0.226. The molecule has 0 N–H and O–H groups in total. The normalized spacial score (nSPS) is 25.3. The van der Waals surface area contributed by atoms with Gasteiger partial charge in [-0.25, -0.2) is 0 Å². The Balaban J connectivity index is 1.61. The van der Waals surface area contributed by atoms with Gasteiger partial charge in [-0.05, 0) is 13.3 Å². The van der Waals surface area contributed by atoms with Crippen molar-refractivity contribution >= 4 is 0 Å². The van der Waals surface area contributed by atoms with Gasteiger partial charge in [0.15, 0.2) is 5.79 Å². The van der Waals surface area contributed by atoms with Crippen molar-refractivity contribution in [3.05, 3.63) is 0 Å². The zero-order valence-corrected chi connectivity index (χ0v) is 10.2. The molecule has 4 heteroatoms. The molecule has 2 aliphatic rings. The van der Waals surface area contributed by atoms with Gasteiger partial charge in [-0.2, -0.15) is 0 Å². The SMILES string of the molecule is CCOCCCN1CCC2(CC1)OCCO2. The van der Waals surface area contributed by atoms with Gasteiger partial charge in [0.25, 0.3) is 0 Å². The van der Waals surface area contributed by atoms with Crippen molar-refractivity contribution in [2.75, 3.05) is 46.1 Å². The Labute approximate surface area is 97.8 Å². The van der Waals surface area contributed by atoms with Crippen LogP contribution in [0.1, 0.15) is 26.2 Å². The Kier molecular flexibility index (Phi) is 4.58. The molecule has 2 fully saturated rings. The van der Waals surface area contributed by atoms with E-state index in [2.05, 4.69) is 4.90 Å². The van der Waals surface area contributed by atoms with E-state index in [0.29, 0.717) is 0 Å². The molecule has 0 aromatic rings. The topological polar surface area (TPSA) is 30.9 Å². The average Bonchev–Trinajstić information content (AvgIpc) is 2.76. The molecule has 2 saturated heterocycles. The van der Waals surface area contributed by atoms with Crippen molar-refractivity contribution in [1.29, 1.82) is 0 Å². The predicted molar refractivity (Wildman–Crippen MR) is 61.4 cm³/mol. The van der Waals surface area contributed by atoms with Crippen LogP contribution in [0, 0.1) is 0 Å². The number of rotatable bonds is 5. The van der Waals surface area contributed by atoms with E-state index in [-0.39, 0.29) is 5.79 Å². The van der Waals surface area contributed by atoms with E-state index in [0.717, 1.165) is 65.3 Å². The van der Waals surface area contributed by atoms with Gasteiger partial charge >= 0.3 is 0 Å². The number of hydrogen-bond acceptors (Lipinski definition) is 4. The summed E-state index contributed by atoms with van der Waals surface area (Å²) in [6, 6.07) is 0. The van der Waals surface area contributed by atoms with Gasteiger partial charge in [-0.3, -0.25) is 0 Å². The molecule has 0 saturated carbocycles. The first kappa shape index (κ1) is 12.3. The Morgan fingerprint density at radius 3 is 2.50 bits per heavy atom. The fourth-order valence-electron chi connectivity index (χ4n) is 2.44. The lowest BCUT2D eigenvalue weighted by Crippen LogP contribution is -2.45. The molecule has 4 nitrogen and oxygen atoms in total. The molecule has 16 heavy (non-hydrogen) atoms. The van der Waals surface area contributed by atoms with E-state index in [1.165, 1.54) is 0 Å². The maximum absolute atomic E-state index is 5.70. The summed E-state index contributed by atoms with van der Waals surface area (Å²) < 4.78 is 16.7. The molecule has 0 unspecified atom stereocenters. The molecule has 2 heterocycles. The van der Waals surface area contributed by atoms with Crippen LogP contribution < -0.4 is 0 Å². The van der Waals surface area contributed by atoms with E-state index in [4.69, 9.17) is 14.2 Å². The third-order valence-corrected chi connectivity index (χ3v) is 3.40. The summed E-state index contributed by atoms with van der Waals surface area (Å²) >= 11 is 0. The smallest absolute Gasteiger partial charge is 0.170 e. The summed E-state index contributed by atoms with van der Waals surface area (Å²) in [6.07, 6.45) is 3.16. The zero-order valence-electron chi connectivity index (χ0n) is 10.2. The van der Waals surface area contributed by atoms with Crippen molar-refractivity contribution < 1.29 is 14.2 Å². The Morgan fingerprint density at radius 1 is 1.19 bits per heavy atom. The maximum atomic E-state index is 5.70. The summed E-state index contributed by atoms with van der Waals surface area (Å²) in [5, 5.41) is 0. The Hall–Kier alpha value is -0.160. The van der Waals surface area contributed by atoms with Gasteiger partial charge < -0.3 is 19.1 Å². The summed E-state index contributed by atoms with van der Waals surface area (Å²) in [7, 11) is 0. The van der Waals surface area contributed by atoms with Crippen LogP contribution in [0.4, 0.5) is 0 Å². The van der Waals surface area contributed by atoms with Gasteiger partial charge in [-0.15, -0.1) is 0 Å². The number of piperidine rings is 1. The predicted octanol–water partition coefficient (Wildman–Crippen LogP) is 1.25. The van der Waals surface area contributed by atoms with Crippen LogP contribution in [0.5, 0.6) is 0 Å². The molecule has 0 bridgehead atoms. The summed E-state index contributed by atoms with van der Waals surface area (Å²) in [4.78, 5) is 2.48. The van der Waals surface area contributed by atoms with E-state index < -0.39 is 0 Å². The molecule has 2 aliphatic heterocycles. The highest BCUT2D eigenvalue weighted by molar-refractivity contribution is 4.82. The van der Waals surface area contributed by atoms with Crippen molar-refractivity contribution in [3.8, 4) is 0 Å². The lowest BCUT2D eigenvalue weighted by molar-refractivity contribution is -0.185. The monoisotopic (exact) mass is 229 g/mol. The second-order valence-corrected chi connectivity index (χ2v) is 4.50. The third kappa shape index (κ3) is 3.17. The quantitative estimate of drug-likeness (QED) is 0.664. The molecule has 94 valence electrons. The second-order valence-electron chi connectivity index (χ2n) is 4.50. The molecule has 0 radical (unpaired) electrons. The Morgan fingerprint density at radius 2 is 1.88 bits per heavy atom. The lowest BCUT2D eigenvalue weighted by atomic mass is 10.0. The first-order valence-electron chi connectivity index (χ1n) is 6.43. The average molecular weight is 229 g/mol. The molecule has 0 aromatic heterocycles. The van der Waals surface area contributed by atoms with Gasteiger partial charge in [-0.1, -0.05) is 0 Å². The van der Waals surface area contributed by atoms with E-state index >= 15 is 0 Å². The molecule has 0 amide bonds. The first-order valence-corrected chi connectivity index (χ1v) is 6.43. The number of ether oxygens (including phenoxy) is 3. The highest BCUT2D eigenvalue weighted by atomic mass is 16.7. The number of hydrogen-bond donors (Lipinski definition) is 0. The van der Waals surface area contributed by atoms with Gasteiger partial charge in [0.05, 0.1) is 13.2 Å².